The molecular weight excluding hydrogens is 368 g/mol. The number of carbonyl (C=O) groups excluding carboxylic acids is 1. The Hall–Kier alpha value is -2.73. The van der Waals surface area contributed by atoms with Crippen molar-refractivity contribution in [2.75, 3.05) is 41.0 Å². The van der Waals surface area contributed by atoms with Crippen molar-refractivity contribution >= 4 is 5.91 Å². The van der Waals surface area contributed by atoms with Crippen LogP contribution in [0.5, 0.6) is 17.2 Å². The maximum atomic E-state index is 12.7. The van der Waals surface area contributed by atoms with Crippen LogP contribution in [0.2, 0.25) is 0 Å². The van der Waals surface area contributed by atoms with Gasteiger partial charge < -0.3 is 19.5 Å². The lowest BCUT2D eigenvalue weighted by molar-refractivity contribution is 0.0924. The van der Waals surface area contributed by atoms with Crippen LogP contribution in [-0.4, -0.2) is 51.8 Å². The third-order valence-electron chi connectivity index (χ3n) is 5.41. The number of hydrogen-bond acceptors (Lipinski definition) is 5. The standard InChI is InChI=1S/C23H30N2O4/c1-27-19-9-7-8-18(14-19)23(26)24-16-20(25-12-5-4-6-13-25)17-10-11-21(28-2)22(15-17)29-3/h7-11,14-15,20H,4-6,12-13,16H2,1-3H3,(H,24,26). The average molecular weight is 399 g/mol. The number of ether oxygens (including phenoxy) is 3. The number of nitrogens with zero attached hydrogens (tertiary/aromatic N) is 1. The Morgan fingerprint density at radius 1 is 0.966 bits per heavy atom. The van der Waals surface area contributed by atoms with E-state index in [-0.39, 0.29) is 11.9 Å². The third kappa shape index (κ3) is 5.21. The predicted molar refractivity (Wildman–Crippen MR) is 113 cm³/mol. The Balaban J connectivity index is 1.79. The molecule has 1 fully saturated rings. The minimum Gasteiger partial charge on any atom is -0.497 e. The number of likely N-dealkylation sites (tertiary alicyclic amines) is 1. The van der Waals surface area contributed by atoms with Crippen molar-refractivity contribution in [3.8, 4) is 17.2 Å². The summed E-state index contributed by atoms with van der Waals surface area (Å²) >= 11 is 0. The summed E-state index contributed by atoms with van der Waals surface area (Å²) in [6.07, 6.45) is 3.60. The van der Waals surface area contributed by atoms with Gasteiger partial charge in [-0.2, -0.15) is 0 Å². The zero-order valence-corrected chi connectivity index (χ0v) is 17.4. The molecule has 1 atom stereocenters. The fourth-order valence-corrected chi connectivity index (χ4v) is 3.80. The van der Waals surface area contributed by atoms with Crippen LogP contribution in [0.3, 0.4) is 0 Å². The summed E-state index contributed by atoms with van der Waals surface area (Å²) in [6, 6.07) is 13.3. The monoisotopic (exact) mass is 398 g/mol. The quantitative estimate of drug-likeness (QED) is 0.735. The van der Waals surface area contributed by atoms with Gasteiger partial charge in [-0.25, -0.2) is 0 Å². The van der Waals surface area contributed by atoms with E-state index in [9.17, 15) is 4.79 Å². The molecule has 1 heterocycles. The van der Waals surface area contributed by atoms with Gasteiger partial charge in [-0.15, -0.1) is 0 Å². The van der Waals surface area contributed by atoms with Gasteiger partial charge >= 0.3 is 0 Å². The molecule has 3 rings (SSSR count). The minimum atomic E-state index is -0.105. The van der Waals surface area contributed by atoms with Crippen molar-refractivity contribution < 1.29 is 19.0 Å². The molecule has 1 unspecified atom stereocenters. The van der Waals surface area contributed by atoms with E-state index in [1.165, 1.54) is 19.3 Å². The molecule has 0 aliphatic carbocycles. The Bertz CT molecular complexity index is 818. The maximum absolute atomic E-state index is 12.7. The number of carbonyl (C=O) groups is 1. The summed E-state index contributed by atoms with van der Waals surface area (Å²) in [5.74, 6) is 1.97. The first-order valence-corrected chi connectivity index (χ1v) is 10.0. The smallest absolute Gasteiger partial charge is 0.251 e. The number of methoxy groups -OCH3 is 3. The van der Waals surface area contributed by atoms with E-state index in [4.69, 9.17) is 14.2 Å². The highest BCUT2D eigenvalue weighted by atomic mass is 16.5. The highest BCUT2D eigenvalue weighted by Crippen LogP contribution is 2.32. The topological polar surface area (TPSA) is 60.0 Å². The van der Waals surface area contributed by atoms with Crippen LogP contribution in [0.15, 0.2) is 42.5 Å². The van der Waals surface area contributed by atoms with Gasteiger partial charge in [0.05, 0.1) is 27.4 Å². The summed E-state index contributed by atoms with van der Waals surface area (Å²) in [7, 11) is 4.87. The first-order chi connectivity index (χ1) is 14.2. The van der Waals surface area contributed by atoms with E-state index in [2.05, 4.69) is 16.3 Å². The van der Waals surface area contributed by atoms with Gasteiger partial charge in [-0.3, -0.25) is 9.69 Å². The number of rotatable bonds is 8. The SMILES string of the molecule is COc1cccc(C(=O)NCC(c2ccc(OC)c(OC)c2)N2CCCCC2)c1. The molecule has 0 aromatic heterocycles. The highest BCUT2D eigenvalue weighted by molar-refractivity contribution is 5.94. The fraction of sp³-hybridized carbons (Fsp3) is 0.435. The van der Waals surface area contributed by atoms with Gasteiger partial charge in [-0.1, -0.05) is 18.6 Å². The van der Waals surface area contributed by atoms with Gasteiger partial charge in [0.1, 0.15) is 5.75 Å². The molecule has 0 spiro atoms. The third-order valence-corrected chi connectivity index (χ3v) is 5.41. The molecule has 6 heteroatoms. The first-order valence-electron chi connectivity index (χ1n) is 10.0. The summed E-state index contributed by atoms with van der Waals surface area (Å²) in [4.78, 5) is 15.2. The van der Waals surface area contributed by atoms with Crippen LogP contribution in [0.1, 0.15) is 41.2 Å². The number of amides is 1. The van der Waals surface area contributed by atoms with E-state index in [0.717, 1.165) is 18.7 Å². The number of benzene rings is 2. The molecule has 1 aliphatic rings. The highest BCUT2D eigenvalue weighted by Gasteiger charge is 2.24. The lowest BCUT2D eigenvalue weighted by Gasteiger charge is -2.35. The molecule has 1 aliphatic heterocycles. The summed E-state index contributed by atoms with van der Waals surface area (Å²) < 4.78 is 16.1. The molecule has 1 amide bonds. The molecule has 1 N–H and O–H groups in total. The van der Waals surface area contributed by atoms with E-state index < -0.39 is 0 Å². The zero-order valence-electron chi connectivity index (χ0n) is 17.4. The number of piperidine rings is 1. The molecule has 6 nitrogen and oxygen atoms in total. The van der Waals surface area contributed by atoms with E-state index in [1.54, 1.807) is 33.5 Å². The van der Waals surface area contributed by atoms with Crippen LogP contribution in [0.4, 0.5) is 0 Å². The minimum absolute atomic E-state index is 0.0738. The molecular formula is C23H30N2O4. The van der Waals surface area contributed by atoms with Crippen LogP contribution < -0.4 is 19.5 Å². The number of nitrogens with one attached hydrogen (secondary N) is 1. The molecule has 2 aromatic carbocycles. The Morgan fingerprint density at radius 2 is 1.72 bits per heavy atom. The first kappa shape index (κ1) is 21.0. The normalized spacial score (nSPS) is 15.4. The second-order valence-corrected chi connectivity index (χ2v) is 7.17. The van der Waals surface area contributed by atoms with Crippen LogP contribution in [0.25, 0.3) is 0 Å². The van der Waals surface area contributed by atoms with Crippen LogP contribution in [-0.2, 0) is 0 Å². The Morgan fingerprint density at radius 3 is 2.41 bits per heavy atom. The van der Waals surface area contributed by atoms with Gasteiger partial charge in [0.2, 0.25) is 0 Å². The average Bonchev–Trinajstić information content (AvgIpc) is 2.79. The van der Waals surface area contributed by atoms with Crippen molar-refractivity contribution in [3.05, 3.63) is 53.6 Å². The summed E-state index contributed by atoms with van der Waals surface area (Å²) in [5, 5.41) is 3.10. The zero-order chi connectivity index (χ0) is 20.6. The molecule has 2 aromatic rings. The van der Waals surface area contributed by atoms with Gasteiger partial charge in [-0.05, 0) is 61.8 Å². The van der Waals surface area contributed by atoms with E-state index in [0.29, 0.717) is 29.4 Å². The predicted octanol–water partition coefficient (Wildman–Crippen LogP) is 3.67. The van der Waals surface area contributed by atoms with E-state index in [1.807, 2.05) is 24.3 Å². The Labute approximate surface area is 172 Å². The van der Waals surface area contributed by atoms with Crippen molar-refractivity contribution in [2.24, 2.45) is 0 Å². The molecule has 0 bridgehead atoms. The van der Waals surface area contributed by atoms with Crippen molar-refractivity contribution in [1.82, 2.24) is 10.2 Å². The largest absolute Gasteiger partial charge is 0.497 e. The Kier molecular flexibility index (Phi) is 7.36. The van der Waals surface area contributed by atoms with E-state index >= 15 is 0 Å². The fourth-order valence-electron chi connectivity index (χ4n) is 3.80. The van der Waals surface area contributed by atoms with Crippen LogP contribution in [0, 0.1) is 0 Å². The van der Waals surface area contributed by atoms with Crippen molar-refractivity contribution in [1.29, 1.82) is 0 Å². The summed E-state index contributed by atoms with van der Waals surface area (Å²) in [5.41, 5.74) is 1.70. The molecule has 0 saturated carbocycles. The lowest BCUT2D eigenvalue weighted by Crippen LogP contribution is -2.40. The van der Waals surface area contributed by atoms with Gasteiger partial charge in [0.25, 0.3) is 5.91 Å². The molecule has 156 valence electrons. The summed E-state index contributed by atoms with van der Waals surface area (Å²) in [6.45, 7) is 2.56. The lowest BCUT2D eigenvalue weighted by atomic mass is 10.0. The molecule has 0 radical (unpaired) electrons. The second-order valence-electron chi connectivity index (χ2n) is 7.17. The van der Waals surface area contributed by atoms with Crippen LogP contribution >= 0.6 is 0 Å². The number of hydrogen-bond donors (Lipinski definition) is 1. The maximum Gasteiger partial charge on any atom is 0.251 e. The van der Waals surface area contributed by atoms with Crippen molar-refractivity contribution in [2.45, 2.75) is 25.3 Å². The van der Waals surface area contributed by atoms with Crippen molar-refractivity contribution in [3.63, 3.8) is 0 Å². The molecule has 1 saturated heterocycles. The van der Waals surface area contributed by atoms with Gasteiger partial charge in [0.15, 0.2) is 11.5 Å². The molecule has 29 heavy (non-hydrogen) atoms. The second kappa shape index (κ2) is 10.2. The van der Waals surface area contributed by atoms with Gasteiger partial charge in [0, 0.05) is 12.1 Å².